The molecule has 0 unspecified atom stereocenters. The summed E-state index contributed by atoms with van der Waals surface area (Å²) in [5.74, 6) is 1.33. The Morgan fingerprint density at radius 3 is 2.62 bits per heavy atom. The number of carbonyl (C=O) groups excluding carboxylic acids is 1. The van der Waals surface area contributed by atoms with Crippen LogP contribution in [-0.2, 0) is 17.8 Å². The van der Waals surface area contributed by atoms with E-state index in [1.54, 1.807) is 25.3 Å². The molecule has 0 spiro atoms. The number of aliphatic hydroxyl groups is 1. The van der Waals surface area contributed by atoms with Crippen molar-refractivity contribution >= 4 is 5.97 Å². The lowest BCUT2D eigenvalue weighted by Gasteiger charge is -2.31. The molecule has 0 saturated heterocycles. The molecule has 0 fully saturated rings. The average molecular weight is 434 g/mol. The molecular weight excluding hydrogens is 408 g/mol. The van der Waals surface area contributed by atoms with Gasteiger partial charge >= 0.3 is 5.97 Å². The van der Waals surface area contributed by atoms with E-state index >= 15 is 0 Å². The van der Waals surface area contributed by atoms with E-state index < -0.39 is 12.1 Å². The summed E-state index contributed by atoms with van der Waals surface area (Å²) in [6, 6.07) is 20.6. The molecule has 1 N–H and O–H groups in total. The molecule has 6 heteroatoms. The number of hydrogen-bond donors (Lipinski definition) is 1. The first kappa shape index (κ1) is 21.7. The number of rotatable bonds is 7. The second kappa shape index (κ2) is 9.75. The van der Waals surface area contributed by atoms with Crippen molar-refractivity contribution in [3.63, 3.8) is 0 Å². The molecule has 0 radical (unpaired) electrons. The van der Waals surface area contributed by atoms with Crippen LogP contribution in [0.2, 0.25) is 0 Å². The molecule has 0 aliphatic carbocycles. The Bertz CT molecular complexity index is 1080. The van der Waals surface area contributed by atoms with Gasteiger partial charge < -0.3 is 24.1 Å². The average Bonchev–Trinajstić information content (AvgIpc) is 2.84. The lowest BCUT2D eigenvalue weighted by Crippen LogP contribution is -2.28. The van der Waals surface area contributed by atoms with Crippen LogP contribution in [0.3, 0.4) is 0 Å². The number of aliphatic hydroxyl groups excluding tert-OH is 1. The van der Waals surface area contributed by atoms with E-state index in [0.717, 1.165) is 11.1 Å². The number of methoxy groups -OCH3 is 2. The van der Waals surface area contributed by atoms with E-state index in [2.05, 4.69) is 0 Å². The van der Waals surface area contributed by atoms with E-state index in [0.29, 0.717) is 48.0 Å². The zero-order chi connectivity index (χ0) is 22.5. The Morgan fingerprint density at radius 1 is 1.06 bits per heavy atom. The fraction of sp³-hybridized carbons (Fsp3) is 0.269. The van der Waals surface area contributed by atoms with Gasteiger partial charge in [0.15, 0.2) is 0 Å². The van der Waals surface area contributed by atoms with Crippen LogP contribution in [0.15, 0.2) is 66.7 Å². The topological polar surface area (TPSA) is 74.2 Å². The first-order chi connectivity index (χ1) is 15.6. The lowest BCUT2D eigenvalue weighted by molar-refractivity contribution is 0.0501. The van der Waals surface area contributed by atoms with Gasteiger partial charge in [0.2, 0.25) is 0 Å². The predicted molar refractivity (Wildman–Crippen MR) is 119 cm³/mol. The van der Waals surface area contributed by atoms with E-state index in [-0.39, 0.29) is 5.92 Å². The van der Waals surface area contributed by atoms with Crippen molar-refractivity contribution in [3.8, 4) is 17.2 Å². The van der Waals surface area contributed by atoms with Crippen molar-refractivity contribution in [1.29, 1.82) is 0 Å². The van der Waals surface area contributed by atoms with E-state index in [9.17, 15) is 9.90 Å². The molecule has 3 aromatic carbocycles. The number of hydrogen-bond acceptors (Lipinski definition) is 6. The number of esters is 1. The van der Waals surface area contributed by atoms with Crippen molar-refractivity contribution in [2.75, 3.05) is 20.8 Å². The quantitative estimate of drug-likeness (QED) is 0.558. The fourth-order valence-electron chi connectivity index (χ4n) is 3.90. The number of benzene rings is 3. The van der Waals surface area contributed by atoms with Crippen molar-refractivity contribution in [2.45, 2.75) is 19.1 Å². The summed E-state index contributed by atoms with van der Waals surface area (Å²) >= 11 is 0. The summed E-state index contributed by atoms with van der Waals surface area (Å²) in [4.78, 5) is 11.9. The highest BCUT2D eigenvalue weighted by atomic mass is 16.5. The molecule has 0 amide bonds. The second-order valence-electron chi connectivity index (χ2n) is 7.71. The van der Waals surface area contributed by atoms with Crippen molar-refractivity contribution in [1.82, 2.24) is 0 Å². The molecule has 1 heterocycles. The largest absolute Gasteiger partial charge is 0.496 e. The summed E-state index contributed by atoms with van der Waals surface area (Å²) in [6.07, 6.45) is -0.269. The van der Waals surface area contributed by atoms with Gasteiger partial charge in [-0.05, 0) is 53.9 Å². The van der Waals surface area contributed by atoms with Crippen LogP contribution in [0.5, 0.6) is 17.2 Å². The fourth-order valence-corrected chi connectivity index (χ4v) is 3.90. The Labute approximate surface area is 187 Å². The maximum absolute atomic E-state index is 11.9. The van der Waals surface area contributed by atoms with Crippen LogP contribution < -0.4 is 14.2 Å². The monoisotopic (exact) mass is 434 g/mol. The number of fused-ring (bicyclic) bond motifs is 1. The molecule has 4 rings (SSSR count). The first-order valence-corrected chi connectivity index (χ1v) is 10.5. The Kier molecular flexibility index (Phi) is 6.61. The van der Waals surface area contributed by atoms with E-state index in [1.807, 2.05) is 48.5 Å². The van der Waals surface area contributed by atoms with Crippen molar-refractivity contribution < 1.29 is 28.8 Å². The SMILES string of the molecule is COC(=O)c1ccc(OC)c(C[C@H]2COc3ccc(OCc4ccccc4)cc3[C@H]2O)c1. The standard InChI is InChI=1S/C26H26O6/c1-29-23-10-8-18(26(28)30-2)12-19(23)13-20-16-32-24-11-9-21(14-22(24)25(20)27)31-15-17-6-4-3-5-7-17/h3-12,14,20,25,27H,13,15-16H2,1-2H3/t20-,25-/m0/s1. The second-order valence-corrected chi connectivity index (χ2v) is 7.71. The van der Waals surface area contributed by atoms with Gasteiger partial charge in [0.25, 0.3) is 0 Å². The minimum Gasteiger partial charge on any atom is -0.496 e. The lowest BCUT2D eigenvalue weighted by atomic mass is 9.87. The van der Waals surface area contributed by atoms with Gasteiger partial charge in [-0.3, -0.25) is 0 Å². The van der Waals surface area contributed by atoms with Crippen LogP contribution in [0.1, 0.15) is 33.2 Å². The zero-order valence-corrected chi connectivity index (χ0v) is 18.1. The van der Waals surface area contributed by atoms with Crippen LogP contribution in [0.25, 0.3) is 0 Å². The molecule has 0 aromatic heterocycles. The maximum Gasteiger partial charge on any atom is 0.337 e. The minimum atomic E-state index is -0.745. The Balaban J connectivity index is 1.52. The van der Waals surface area contributed by atoms with Crippen LogP contribution in [-0.4, -0.2) is 31.9 Å². The van der Waals surface area contributed by atoms with Gasteiger partial charge in [0.05, 0.1) is 32.5 Å². The van der Waals surface area contributed by atoms with Gasteiger partial charge in [0, 0.05) is 11.5 Å². The number of ether oxygens (including phenoxy) is 4. The Hall–Kier alpha value is -3.51. The van der Waals surface area contributed by atoms with Crippen molar-refractivity contribution in [2.24, 2.45) is 5.92 Å². The van der Waals surface area contributed by atoms with Gasteiger partial charge in [-0.2, -0.15) is 0 Å². The van der Waals surface area contributed by atoms with Gasteiger partial charge in [0.1, 0.15) is 23.9 Å². The first-order valence-electron chi connectivity index (χ1n) is 10.5. The highest BCUT2D eigenvalue weighted by molar-refractivity contribution is 5.89. The summed E-state index contributed by atoms with van der Waals surface area (Å²) < 4.78 is 22.1. The molecule has 6 nitrogen and oxygen atoms in total. The van der Waals surface area contributed by atoms with Gasteiger partial charge in [-0.15, -0.1) is 0 Å². The molecule has 2 atom stereocenters. The smallest absolute Gasteiger partial charge is 0.337 e. The minimum absolute atomic E-state index is 0.214. The van der Waals surface area contributed by atoms with E-state index in [4.69, 9.17) is 18.9 Å². The van der Waals surface area contributed by atoms with Gasteiger partial charge in [-0.25, -0.2) is 4.79 Å². The summed E-state index contributed by atoms with van der Waals surface area (Å²) in [6.45, 7) is 0.793. The Morgan fingerprint density at radius 2 is 1.88 bits per heavy atom. The highest BCUT2D eigenvalue weighted by Crippen LogP contribution is 2.40. The maximum atomic E-state index is 11.9. The molecule has 1 aliphatic rings. The summed E-state index contributed by atoms with van der Waals surface area (Å²) in [7, 11) is 2.93. The van der Waals surface area contributed by atoms with Crippen LogP contribution in [0.4, 0.5) is 0 Å². The zero-order valence-electron chi connectivity index (χ0n) is 18.1. The van der Waals surface area contributed by atoms with Crippen LogP contribution >= 0.6 is 0 Å². The molecule has 32 heavy (non-hydrogen) atoms. The molecule has 3 aromatic rings. The van der Waals surface area contributed by atoms with Crippen LogP contribution in [0, 0.1) is 5.92 Å². The molecule has 166 valence electrons. The number of carbonyl (C=O) groups is 1. The molecule has 0 bridgehead atoms. The third kappa shape index (κ3) is 4.70. The third-order valence-electron chi connectivity index (χ3n) is 5.63. The highest BCUT2D eigenvalue weighted by Gasteiger charge is 2.31. The molecular formula is C26H26O6. The molecule has 1 aliphatic heterocycles. The summed E-state index contributed by atoms with van der Waals surface area (Å²) in [5.41, 5.74) is 3.00. The third-order valence-corrected chi connectivity index (χ3v) is 5.63. The predicted octanol–water partition coefficient (Wildman–Crippen LogP) is 4.35. The normalized spacial score (nSPS) is 17.1. The summed E-state index contributed by atoms with van der Waals surface area (Å²) in [5, 5.41) is 11.1. The molecule has 0 saturated carbocycles. The van der Waals surface area contributed by atoms with Crippen molar-refractivity contribution in [3.05, 3.63) is 89.0 Å². The van der Waals surface area contributed by atoms with Gasteiger partial charge in [-0.1, -0.05) is 30.3 Å². The van der Waals surface area contributed by atoms with E-state index in [1.165, 1.54) is 7.11 Å².